The molecule has 170 valence electrons. The highest BCUT2D eigenvalue weighted by Crippen LogP contribution is 2.45. The zero-order valence-electron chi connectivity index (χ0n) is 19.0. The quantitative estimate of drug-likeness (QED) is 0.554. The summed E-state index contributed by atoms with van der Waals surface area (Å²) in [6, 6.07) is 14.9. The van der Waals surface area contributed by atoms with Gasteiger partial charge < -0.3 is 14.8 Å². The fraction of sp³-hybridized carbons (Fsp3) is 0.320. The van der Waals surface area contributed by atoms with Gasteiger partial charge in [0.2, 0.25) is 5.91 Å². The summed E-state index contributed by atoms with van der Waals surface area (Å²) >= 11 is 1.56. The number of hydrogen-bond donors (Lipinski definition) is 1. The SMILES string of the molecule is CCC1(c2cccs2)OCC(=O)Nc2ccc(-c3ccc(C#N)n3C(=O)OC(C)(C)C)cc21. The predicted octanol–water partition coefficient (Wildman–Crippen LogP) is 5.49. The Morgan fingerprint density at radius 3 is 2.73 bits per heavy atom. The molecule has 0 bridgehead atoms. The first kappa shape index (κ1) is 22.8. The van der Waals surface area contributed by atoms with Crippen molar-refractivity contribution in [1.29, 1.82) is 5.26 Å². The highest BCUT2D eigenvalue weighted by molar-refractivity contribution is 7.10. The van der Waals surface area contributed by atoms with Crippen molar-refractivity contribution in [3.05, 3.63) is 64.0 Å². The van der Waals surface area contributed by atoms with E-state index >= 15 is 0 Å². The van der Waals surface area contributed by atoms with E-state index in [0.717, 1.165) is 10.4 Å². The summed E-state index contributed by atoms with van der Waals surface area (Å²) in [4.78, 5) is 26.3. The predicted molar refractivity (Wildman–Crippen MR) is 126 cm³/mol. The molecule has 7 nitrogen and oxygen atoms in total. The molecule has 1 aliphatic heterocycles. The third-order valence-corrected chi connectivity index (χ3v) is 6.48. The minimum absolute atomic E-state index is 0.0668. The molecule has 33 heavy (non-hydrogen) atoms. The van der Waals surface area contributed by atoms with E-state index in [9.17, 15) is 14.9 Å². The Kier molecular flexibility index (Phi) is 5.87. The van der Waals surface area contributed by atoms with Gasteiger partial charge in [-0.05, 0) is 68.5 Å². The Morgan fingerprint density at radius 1 is 1.30 bits per heavy atom. The van der Waals surface area contributed by atoms with Crippen LogP contribution in [-0.4, -0.2) is 28.8 Å². The van der Waals surface area contributed by atoms with Crippen LogP contribution in [0.15, 0.2) is 47.8 Å². The molecule has 4 rings (SSSR count). The van der Waals surface area contributed by atoms with Crippen LogP contribution in [0.4, 0.5) is 10.5 Å². The number of carbonyl (C=O) groups excluding carboxylic acids is 2. The maximum atomic E-state index is 13.0. The fourth-order valence-electron chi connectivity index (χ4n) is 4.03. The Labute approximate surface area is 196 Å². The van der Waals surface area contributed by atoms with Gasteiger partial charge in [0, 0.05) is 16.1 Å². The van der Waals surface area contributed by atoms with Gasteiger partial charge in [0.1, 0.15) is 29.6 Å². The number of thiophene rings is 1. The van der Waals surface area contributed by atoms with Crippen molar-refractivity contribution in [3.63, 3.8) is 0 Å². The van der Waals surface area contributed by atoms with Gasteiger partial charge in [0.05, 0.1) is 5.69 Å². The van der Waals surface area contributed by atoms with Crippen molar-refractivity contribution in [2.75, 3.05) is 11.9 Å². The lowest BCUT2D eigenvalue weighted by atomic mass is 9.86. The molecule has 0 spiro atoms. The number of amides is 1. The molecule has 1 N–H and O–H groups in total. The average molecular weight is 464 g/mol. The maximum Gasteiger partial charge on any atom is 0.420 e. The van der Waals surface area contributed by atoms with Crippen LogP contribution in [0, 0.1) is 11.3 Å². The number of aromatic nitrogens is 1. The van der Waals surface area contributed by atoms with Gasteiger partial charge in [0.25, 0.3) is 0 Å². The summed E-state index contributed by atoms with van der Waals surface area (Å²) in [6.07, 6.45) is -0.0197. The van der Waals surface area contributed by atoms with E-state index in [1.54, 1.807) is 44.2 Å². The number of hydrogen-bond acceptors (Lipinski definition) is 6. The van der Waals surface area contributed by atoms with Crippen LogP contribution in [0.1, 0.15) is 50.3 Å². The molecule has 0 radical (unpaired) electrons. The first-order valence-electron chi connectivity index (χ1n) is 10.7. The Balaban J connectivity index is 1.90. The van der Waals surface area contributed by atoms with Crippen molar-refractivity contribution in [1.82, 2.24) is 4.57 Å². The number of nitrogens with one attached hydrogen (secondary N) is 1. The van der Waals surface area contributed by atoms with Crippen molar-refractivity contribution in [2.45, 2.75) is 45.3 Å². The van der Waals surface area contributed by atoms with Crippen LogP contribution in [0.25, 0.3) is 11.3 Å². The molecule has 3 aromatic rings. The maximum absolute atomic E-state index is 13.0. The van der Waals surface area contributed by atoms with Crippen LogP contribution in [0.2, 0.25) is 0 Å². The van der Waals surface area contributed by atoms with E-state index in [-0.39, 0.29) is 18.2 Å². The van der Waals surface area contributed by atoms with Crippen molar-refractivity contribution < 1.29 is 19.1 Å². The van der Waals surface area contributed by atoms with Gasteiger partial charge in [-0.3, -0.25) is 4.79 Å². The second-order valence-corrected chi connectivity index (χ2v) is 9.73. The Hall–Kier alpha value is -3.41. The topological polar surface area (TPSA) is 93.4 Å². The smallest absolute Gasteiger partial charge is 0.420 e. The van der Waals surface area contributed by atoms with Crippen LogP contribution < -0.4 is 5.32 Å². The van der Waals surface area contributed by atoms with Gasteiger partial charge in [-0.15, -0.1) is 11.3 Å². The van der Waals surface area contributed by atoms with Crippen molar-refractivity contribution >= 4 is 29.0 Å². The average Bonchev–Trinajstić information content (AvgIpc) is 3.42. The molecule has 3 heterocycles. The number of fused-ring (bicyclic) bond motifs is 1. The lowest BCUT2D eigenvalue weighted by Gasteiger charge is -2.32. The molecule has 0 saturated carbocycles. The van der Waals surface area contributed by atoms with Crippen LogP contribution in [0.3, 0.4) is 0 Å². The van der Waals surface area contributed by atoms with Gasteiger partial charge in [-0.1, -0.05) is 19.1 Å². The fourth-order valence-corrected chi connectivity index (χ4v) is 5.00. The molecule has 0 fully saturated rings. The monoisotopic (exact) mass is 463 g/mol. The standard InChI is InChI=1S/C25H25N3O4S/c1-5-25(21-7-6-12-33-21)18-13-16(8-10-19(18)27-22(29)15-31-25)20-11-9-17(14-26)28(20)23(30)32-24(2,3)4/h6-13H,5,15H2,1-4H3,(H,27,29). The number of nitriles is 1. The number of rotatable bonds is 3. The van der Waals surface area contributed by atoms with E-state index in [4.69, 9.17) is 9.47 Å². The van der Waals surface area contributed by atoms with E-state index < -0.39 is 17.3 Å². The zero-order chi connectivity index (χ0) is 23.8. The molecule has 1 aromatic carbocycles. The van der Waals surface area contributed by atoms with Crippen LogP contribution >= 0.6 is 11.3 Å². The Morgan fingerprint density at radius 2 is 2.09 bits per heavy atom. The number of ether oxygens (including phenoxy) is 2. The van der Waals surface area contributed by atoms with E-state index in [1.165, 1.54) is 4.57 Å². The van der Waals surface area contributed by atoms with Gasteiger partial charge >= 0.3 is 6.09 Å². The zero-order valence-corrected chi connectivity index (χ0v) is 19.8. The van der Waals surface area contributed by atoms with E-state index in [1.807, 2.05) is 42.6 Å². The molecular formula is C25H25N3O4S. The first-order valence-corrected chi connectivity index (χ1v) is 11.5. The minimum atomic E-state index is -0.819. The molecule has 0 saturated heterocycles. The first-order chi connectivity index (χ1) is 15.7. The third kappa shape index (κ3) is 4.17. The van der Waals surface area contributed by atoms with Crippen molar-refractivity contribution in [3.8, 4) is 17.3 Å². The van der Waals surface area contributed by atoms with Gasteiger partial charge in [0.15, 0.2) is 0 Å². The van der Waals surface area contributed by atoms with Gasteiger partial charge in [-0.25, -0.2) is 9.36 Å². The lowest BCUT2D eigenvalue weighted by Crippen LogP contribution is -2.30. The molecule has 0 aliphatic carbocycles. The largest absolute Gasteiger partial charge is 0.443 e. The minimum Gasteiger partial charge on any atom is -0.443 e. The lowest BCUT2D eigenvalue weighted by molar-refractivity contribution is -0.125. The normalized spacial score (nSPS) is 18.1. The molecule has 1 unspecified atom stereocenters. The van der Waals surface area contributed by atoms with Gasteiger partial charge in [-0.2, -0.15) is 5.26 Å². The molecule has 1 aliphatic rings. The summed E-state index contributed by atoms with van der Waals surface area (Å²) in [5.74, 6) is -0.222. The second-order valence-electron chi connectivity index (χ2n) is 8.79. The molecule has 1 atom stereocenters. The second kappa shape index (κ2) is 8.50. The summed E-state index contributed by atoms with van der Waals surface area (Å²) in [6.45, 7) is 7.28. The van der Waals surface area contributed by atoms with Crippen LogP contribution in [0.5, 0.6) is 0 Å². The Bertz CT molecular complexity index is 1250. The summed E-state index contributed by atoms with van der Waals surface area (Å²) in [7, 11) is 0. The summed E-state index contributed by atoms with van der Waals surface area (Å²) in [5, 5.41) is 14.5. The van der Waals surface area contributed by atoms with E-state index in [2.05, 4.69) is 11.4 Å². The molecular weight excluding hydrogens is 438 g/mol. The highest BCUT2D eigenvalue weighted by Gasteiger charge is 2.40. The third-order valence-electron chi connectivity index (χ3n) is 5.46. The van der Waals surface area contributed by atoms with Crippen molar-refractivity contribution in [2.24, 2.45) is 0 Å². The number of anilines is 1. The molecule has 2 aromatic heterocycles. The molecule has 8 heteroatoms. The number of benzene rings is 1. The summed E-state index contributed by atoms with van der Waals surface area (Å²) < 4.78 is 13.1. The number of carbonyl (C=O) groups is 2. The van der Waals surface area contributed by atoms with E-state index in [0.29, 0.717) is 23.4 Å². The summed E-state index contributed by atoms with van der Waals surface area (Å²) in [5.41, 5.74) is 1.33. The van der Waals surface area contributed by atoms with Crippen LogP contribution in [-0.2, 0) is 19.9 Å². The molecule has 1 amide bonds. The highest BCUT2D eigenvalue weighted by atomic mass is 32.1. The number of nitrogens with zero attached hydrogens (tertiary/aromatic N) is 2.